The molecular formula is C14H14Cl2N2O3. The molecule has 0 radical (unpaired) electrons. The Labute approximate surface area is 131 Å². The maximum atomic E-state index is 12.3. The maximum absolute atomic E-state index is 12.3. The van der Waals surface area contributed by atoms with E-state index in [9.17, 15) is 14.9 Å². The van der Waals surface area contributed by atoms with E-state index in [2.05, 4.69) is 5.32 Å². The molecule has 2 bridgehead atoms. The molecule has 0 saturated heterocycles. The summed E-state index contributed by atoms with van der Waals surface area (Å²) in [6.07, 6.45) is 4.57. The number of hydrogen-bond donors (Lipinski definition) is 1. The second-order valence-corrected chi connectivity index (χ2v) is 6.59. The van der Waals surface area contributed by atoms with Gasteiger partial charge in [-0.2, -0.15) is 0 Å². The summed E-state index contributed by atoms with van der Waals surface area (Å²) in [5.41, 5.74) is -0.166. The molecule has 3 atom stereocenters. The largest absolute Gasteiger partial charge is 0.349 e. The Balaban J connectivity index is 1.80. The molecule has 1 amide bonds. The number of halogens is 2. The lowest BCUT2D eigenvalue weighted by Crippen LogP contribution is -2.38. The Morgan fingerprint density at radius 3 is 2.62 bits per heavy atom. The summed E-state index contributed by atoms with van der Waals surface area (Å²) < 4.78 is 0. The van der Waals surface area contributed by atoms with Crippen molar-refractivity contribution in [3.8, 4) is 0 Å². The van der Waals surface area contributed by atoms with E-state index in [0.29, 0.717) is 11.8 Å². The first-order valence-electron chi connectivity index (χ1n) is 6.90. The highest BCUT2D eigenvalue weighted by atomic mass is 35.5. The Bertz CT molecular complexity index is 620. The van der Waals surface area contributed by atoms with Crippen LogP contribution in [0, 0.1) is 22.0 Å². The van der Waals surface area contributed by atoms with E-state index in [0.717, 1.165) is 12.8 Å². The van der Waals surface area contributed by atoms with Crippen LogP contribution < -0.4 is 5.32 Å². The molecule has 7 heteroatoms. The number of amides is 1. The molecule has 0 spiro atoms. The van der Waals surface area contributed by atoms with Crippen LogP contribution in [0.15, 0.2) is 12.1 Å². The van der Waals surface area contributed by atoms with Crippen LogP contribution in [0.1, 0.15) is 36.0 Å². The molecule has 0 heterocycles. The second-order valence-electron chi connectivity index (χ2n) is 5.80. The Hall–Kier alpha value is -1.33. The molecule has 2 fully saturated rings. The Morgan fingerprint density at radius 1 is 1.29 bits per heavy atom. The summed E-state index contributed by atoms with van der Waals surface area (Å²) in [4.78, 5) is 22.6. The Morgan fingerprint density at radius 2 is 2.05 bits per heavy atom. The summed E-state index contributed by atoms with van der Waals surface area (Å²) in [7, 11) is 0. The lowest BCUT2D eigenvalue weighted by Gasteiger charge is -2.22. The molecule has 21 heavy (non-hydrogen) atoms. The normalized spacial score (nSPS) is 26.9. The number of carbonyl (C=O) groups is 1. The van der Waals surface area contributed by atoms with Crippen molar-refractivity contribution in [3.05, 3.63) is 37.9 Å². The second kappa shape index (κ2) is 5.46. The van der Waals surface area contributed by atoms with E-state index in [1.54, 1.807) is 0 Å². The van der Waals surface area contributed by atoms with Crippen LogP contribution >= 0.6 is 23.2 Å². The van der Waals surface area contributed by atoms with Gasteiger partial charge in [0.2, 0.25) is 0 Å². The SMILES string of the molecule is O=C(NC1CC2CCC1C2)c1cc(Cl)c(Cl)c([N+](=O)[O-])c1. The molecule has 1 N–H and O–H groups in total. The van der Waals surface area contributed by atoms with Crippen molar-refractivity contribution in [3.63, 3.8) is 0 Å². The zero-order valence-corrected chi connectivity index (χ0v) is 12.7. The number of carbonyl (C=O) groups excluding carboxylic acids is 1. The van der Waals surface area contributed by atoms with Crippen LogP contribution in [-0.2, 0) is 0 Å². The van der Waals surface area contributed by atoms with Crippen molar-refractivity contribution in [2.45, 2.75) is 31.7 Å². The molecule has 1 aromatic carbocycles. The summed E-state index contributed by atoms with van der Waals surface area (Å²) >= 11 is 11.7. The predicted molar refractivity (Wildman–Crippen MR) is 79.8 cm³/mol. The van der Waals surface area contributed by atoms with Gasteiger partial charge < -0.3 is 5.32 Å². The van der Waals surface area contributed by atoms with Gasteiger partial charge in [0.15, 0.2) is 0 Å². The smallest absolute Gasteiger partial charge is 0.290 e. The molecule has 2 aliphatic rings. The number of nitrogens with zero attached hydrogens (tertiary/aromatic N) is 1. The van der Waals surface area contributed by atoms with E-state index < -0.39 is 4.92 Å². The lowest BCUT2D eigenvalue weighted by molar-refractivity contribution is -0.384. The number of benzene rings is 1. The first-order chi connectivity index (χ1) is 9.95. The number of fused-ring (bicyclic) bond motifs is 2. The highest BCUT2D eigenvalue weighted by Gasteiger charge is 2.40. The van der Waals surface area contributed by atoms with Crippen molar-refractivity contribution in [2.75, 3.05) is 0 Å². The fourth-order valence-electron chi connectivity index (χ4n) is 3.51. The average molecular weight is 329 g/mol. The van der Waals surface area contributed by atoms with E-state index in [-0.39, 0.29) is 33.2 Å². The molecule has 0 aliphatic heterocycles. The Kier molecular flexibility index (Phi) is 3.80. The average Bonchev–Trinajstić information content (AvgIpc) is 3.03. The van der Waals surface area contributed by atoms with Gasteiger partial charge in [0.05, 0.1) is 9.95 Å². The van der Waals surface area contributed by atoms with Gasteiger partial charge in [-0.3, -0.25) is 14.9 Å². The number of nitrogens with one attached hydrogen (secondary N) is 1. The van der Waals surface area contributed by atoms with Crippen LogP contribution in [0.5, 0.6) is 0 Å². The van der Waals surface area contributed by atoms with E-state index in [4.69, 9.17) is 23.2 Å². The summed E-state index contributed by atoms with van der Waals surface area (Å²) in [5, 5.41) is 13.8. The predicted octanol–water partition coefficient (Wildman–Crippen LogP) is 3.82. The van der Waals surface area contributed by atoms with Gasteiger partial charge >= 0.3 is 0 Å². The van der Waals surface area contributed by atoms with Gasteiger partial charge in [0.1, 0.15) is 5.02 Å². The molecule has 5 nitrogen and oxygen atoms in total. The number of hydrogen-bond acceptors (Lipinski definition) is 3. The molecule has 3 unspecified atom stereocenters. The lowest BCUT2D eigenvalue weighted by atomic mass is 9.95. The molecular weight excluding hydrogens is 315 g/mol. The quantitative estimate of drug-likeness (QED) is 0.677. The van der Waals surface area contributed by atoms with Crippen LogP contribution in [0.3, 0.4) is 0 Å². The highest BCUT2D eigenvalue weighted by Crippen LogP contribution is 2.44. The van der Waals surface area contributed by atoms with Crippen molar-refractivity contribution in [1.29, 1.82) is 0 Å². The third-order valence-corrected chi connectivity index (χ3v) is 5.31. The molecule has 112 valence electrons. The highest BCUT2D eigenvalue weighted by molar-refractivity contribution is 6.43. The van der Waals surface area contributed by atoms with Crippen molar-refractivity contribution in [1.82, 2.24) is 5.32 Å². The third-order valence-electron chi connectivity index (χ3n) is 4.52. The van der Waals surface area contributed by atoms with Gasteiger partial charge in [-0.1, -0.05) is 29.6 Å². The van der Waals surface area contributed by atoms with Crippen LogP contribution in [0.25, 0.3) is 0 Å². The fraction of sp³-hybridized carbons (Fsp3) is 0.500. The maximum Gasteiger partial charge on any atom is 0.290 e. The summed E-state index contributed by atoms with van der Waals surface area (Å²) in [6, 6.07) is 2.72. The zero-order valence-electron chi connectivity index (χ0n) is 11.1. The standard InChI is InChI=1S/C14H14Cl2N2O3/c15-10-5-9(6-12(13(10)16)18(20)21)14(19)17-11-4-7-1-2-8(11)3-7/h5-8,11H,1-4H2,(H,17,19). The minimum absolute atomic E-state index is 0.0176. The number of rotatable bonds is 3. The van der Waals surface area contributed by atoms with Gasteiger partial charge in [-0.15, -0.1) is 0 Å². The first kappa shape index (κ1) is 14.6. The van der Waals surface area contributed by atoms with Crippen molar-refractivity contribution < 1.29 is 9.72 Å². The monoisotopic (exact) mass is 328 g/mol. The van der Waals surface area contributed by atoms with E-state index >= 15 is 0 Å². The number of nitro groups is 1. The molecule has 0 aromatic heterocycles. The number of nitro benzene ring substituents is 1. The van der Waals surface area contributed by atoms with Crippen LogP contribution in [0.2, 0.25) is 10.0 Å². The zero-order chi connectivity index (χ0) is 15.1. The minimum Gasteiger partial charge on any atom is -0.349 e. The van der Waals surface area contributed by atoms with Crippen LogP contribution in [-0.4, -0.2) is 16.9 Å². The third kappa shape index (κ3) is 2.72. The topological polar surface area (TPSA) is 72.2 Å². The van der Waals surface area contributed by atoms with Gasteiger partial charge in [-0.25, -0.2) is 0 Å². The minimum atomic E-state index is -0.636. The van der Waals surface area contributed by atoms with Gasteiger partial charge in [0.25, 0.3) is 11.6 Å². The summed E-state index contributed by atoms with van der Waals surface area (Å²) in [5.74, 6) is 0.925. The summed E-state index contributed by atoms with van der Waals surface area (Å²) in [6.45, 7) is 0. The van der Waals surface area contributed by atoms with E-state index in [1.807, 2.05) is 0 Å². The van der Waals surface area contributed by atoms with Gasteiger partial charge in [0, 0.05) is 17.7 Å². The molecule has 2 saturated carbocycles. The molecule has 2 aliphatic carbocycles. The van der Waals surface area contributed by atoms with Crippen molar-refractivity contribution >= 4 is 34.8 Å². The van der Waals surface area contributed by atoms with E-state index in [1.165, 1.54) is 25.0 Å². The van der Waals surface area contributed by atoms with Crippen molar-refractivity contribution in [2.24, 2.45) is 11.8 Å². The fourth-order valence-corrected chi connectivity index (χ4v) is 3.90. The van der Waals surface area contributed by atoms with Crippen LogP contribution in [0.4, 0.5) is 5.69 Å². The van der Waals surface area contributed by atoms with Gasteiger partial charge in [-0.05, 0) is 37.2 Å². The molecule has 3 rings (SSSR count). The molecule has 1 aromatic rings. The first-order valence-corrected chi connectivity index (χ1v) is 7.65.